The maximum Gasteiger partial charge on any atom is 0.0178 e. The summed E-state index contributed by atoms with van der Waals surface area (Å²) < 4.78 is 1.18. The lowest BCUT2D eigenvalue weighted by atomic mass is 9.78. The molecule has 0 spiro atoms. The summed E-state index contributed by atoms with van der Waals surface area (Å²) in [6.07, 6.45) is 6.66. The maximum atomic E-state index is 3.55. The molecule has 1 atom stereocenters. The normalized spacial score (nSPS) is 20.4. The summed E-state index contributed by atoms with van der Waals surface area (Å²) in [7, 11) is 2.10. The van der Waals surface area contributed by atoms with E-state index in [4.69, 9.17) is 0 Å². The molecule has 1 aliphatic rings. The molecular formula is C15H22BrN. The van der Waals surface area contributed by atoms with Gasteiger partial charge in [0, 0.05) is 10.5 Å². The van der Waals surface area contributed by atoms with Gasteiger partial charge in [-0.3, -0.25) is 0 Å². The molecule has 0 aliphatic heterocycles. The Kier molecular flexibility index (Phi) is 4.26. The van der Waals surface area contributed by atoms with Gasteiger partial charge in [-0.25, -0.2) is 0 Å². The van der Waals surface area contributed by atoms with Gasteiger partial charge in [0.2, 0.25) is 0 Å². The first-order valence-corrected chi connectivity index (χ1v) is 7.35. The lowest BCUT2D eigenvalue weighted by Gasteiger charge is -2.34. The SMILES string of the molecule is CNC(Cc1cccc(Br)c1)C1(C)CCCC1. The third-order valence-electron chi connectivity index (χ3n) is 4.26. The van der Waals surface area contributed by atoms with Crippen molar-refractivity contribution in [3.63, 3.8) is 0 Å². The average molecular weight is 296 g/mol. The zero-order valence-electron chi connectivity index (χ0n) is 10.8. The highest BCUT2D eigenvalue weighted by Gasteiger charge is 2.35. The summed E-state index contributed by atoms with van der Waals surface area (Å²) >= 11 is 3.55. The first-order valence-electron chi connectivity index (χ1n) is 6.56. The molecule has 0 heterocycles. The first kappa shape index (κ1) is 13.1. The van der Waals surface area contributed by atoms with E-state index in [1.54, 1.807) is 0 Å². The Labute approximate surface area is 113 Å². The summed E-state index contributed by atoms with van der Waals surface area (Å²) in [5.74, 6) is 0. The second-order valence-electron chi connectivity index (χ2n) is 5.54. The molecule has 1 unspecified atom stereocenters. The van der Waals surface area contributed by atoms with E-state index in [1.807, 2.05) is 0 Å². The Bertz CT molecular complexity index is 369. The standard InChI is InChI=1S/C15H22BrN/c1-15(8-3-4-9-15)14(17-2)11-12-6-5-7-13(16)10-12/h5-7,10,14,17H,3-4,8-9,11H2,1-2H3. The van der Waals surface area contributed by atoms with Crippen LogP contribution in [-0.4, -0.2) is 13.1 Å². The van der Waals surface area contributed by atoms with Crippen molar-refractivity contribution in [1.82, 2.24) is 5.32 Å². The maximum absolute atomic E-state index is 3.55. The van der Waals surface area contributed by atoms with E-state index >= 15 is 0 Å². The van der Waals surface area contributed by atoms with Crippen molar-refractivity contribution < 1.29 is 0 Å². The predicted octanol–water partition coefficient (Wildman–Crippen LogP) is 4.16. The zero-order valence-corrected chi connectivity index (χ0v) is 12.4. The molecule has 0 radical (unpaired) electrons. The third-order valence-corrected chi connectivity index (χ3v) is 4.76. The molecule has 1 saturated carbocycles. The van der Waals surface area contributed by atoms with E-state index in [2.05, 4.69) is 59.5 Å². The smallest absolute Gasteiger partial charge is 0.0178 e. The van der Waals surface area contributed by atoms with Crippen molar-refractivity contribution in [2.45, 2.75) is 45.1 Å². The van der Waals surface area contributed by atoms with Gasteiger partial charge >= 0.3 is 0 Å². The molecule has 0 amide bonds. The number of rotatable bonds is 4. The number of likely N-dealkylation sites (N-methyl/N-ethyl adjacent to an activating group) is 1. The van der Waals surface area contributed by atoms with Crippen LogP contribution in [0.3, 0.4) is 0 Å². The van der Waals surface area contributed by atoms with Gasteiger partial charge in [0.15, 0.2) is 0 Å². The van der Waals surface area contributed by atoms with Crippen LogP contribution in [0.15, 0.2) is 28.7 Å². The van der Waals surface area contributed by atoms with E-state index in [-0.39, 0.29) is 0 Å². The highest BCUT2D eigenvalue weighted by Crippen LogP contribution is 2.41. The fourth-order valence-electron chi connectivity index (χ4n) is 3.13. The van der Waals surface area contributed by atoms with Gasteiger partial charge in [-0.15, -0.1) is 0 Å². The zero-order chi connectivity index (χ0) is 12.3. The number of hydrogen-bond acceptors (Lipinski definition) is 1. The molecule has 2 rings (SSSR count). The monoisotopic (exact) mass is 295 g/mol. The fraction of sp³-hybridized carbons (Fsp3) is 0.600. The van der Waals surface area contributed by atoms with Crippen LogP contribution in [0.5, 0.6) is 0 Å². The van der Waals surface area contributed by atoms with Crippen LogP contribution in [0.1, 0.15) is 38.2 Å². The van der Waals surface area contributed by atoms with Crippen LogP contribution in [-0.2, 0) is 6.42 Å². The van der Waals surface area contributed by atoms with Gasteiger partial charge in [-0.05, 0) is 49.4 Å². The van der Waals surface area contributed by atoms with Crippen molar-refractivity contribution >= 4 is 15.9 Å². The van der Waals surface area contributed by atoms with E-state index < -0.39 is 0 Å². The van der Waals surface area contributed by atoms with Crippen molar-refractivity contribution in [2.24, 2.45) is 5.41 Å². The molecule has 0 aromatic heterocycles. The van der Waals surface area contributed by atoms with Crippen LogP contribution in [0.25, 0.3) is 0 Å². The molecule has 1 aromatic rings. The van der Waals surface area contributed by atoms with Crippen molar-refractivity contribution in [1.29, 1.82) is 0 Å². The minimum absolute atomic E-state index is 0.483. The molecular weight excluding hydrogens is 274 g/mol. The molecule has 2 heteroatoms. The molecule has 1 fully saturated rings. The van der Waals surface area contributed by atoms with Crippen molar-refractivity contribution in [3.05, 3.63) is 34.3 Å². The lowest BCUT2D eigenvalue weighted by molar-refractivity contribution is 0.229. The summed E-state index contributed by atoms with van der Waals surface area (Å²) in [6, 6.07) is 9.29. The topological polar surface area (TPSA) is 12.0 Å². The summed E-state index contributed by atoms with van der Waals surface area (Å²) in [6.45, 7) is 2.44. The second-order valence-corrected chi connectivity index (χ2v) is 6.45. The van der Waals surface area contributed by atoms with Crippen molar-refractivity contribution in [3.8, 4) is 0 Å². The Balaban J connectivity index is 2.09. The number of benzene rings is 1. The average Bonchev–Trinajstić information content (AvgIpc) is 2.74. The van der Waals surface area contributed by atoms with Crippen molar-refractivity contribution in [2.75, 3.05) is 7.05 Å². The highest BCUT2D eigenvalue weighted by atomic mass is 79.9. The lowest BCUT2D eigenvalue weighted by Crippen LogP contribution is -2.41. The minimum Gasteiger partial charge on any atom is -0.316 e. The largest absolute Gasteiger partial charge is 0.316 e. The van der Waals surface area contributed by atoms with Crippen LogP contribution in [0.2, 0.25) is 0 Å². The third kappa shape index (κ3) is 3.11. The van der Waals surface area contributed by atoms with Crippen LogP contribution in [0.4, 0.5) is 0 Å². The minimum atomic E-state index is 0.483. The molecule has 17 heavy (non-hydrogen) atoms. The first-order chi connectivity index (χ1) is 8.14. The summed E-state index contributed by atoms with van der Waals surface area (Å²) in [4.78, 5) is 0. The summed E-state index contributed by atoms with van der Waals surface area (Å²) in [5.41, 5.74) is 1.91. The molecule has 94 valence electrons. The number of nitrogens with one attached hydrogen (secondary N) is 1. The Hall–Kier alpha value is -0.340. The van der Waals surface area contributed by atoms with Crippen LogP contribution >= 0.6 is 15.9 Å². The van der Waals surface area contributed by atoms with E-state index in [9.17, 15) is 0 Å². The van der Waals surface area contributed by atoms with Gasteiger partial charge in [0.05, 0.1) is 0 Å². The van der Waals surface area contributed by atoms with Gasteiger partial charge in [-0.1, -0.05) is 47.8 Å². The van der Waals surface area contributed by atoms with Crippen LogP contribution < -0.4 is 5.32 Å². The molecule has 0 saturated heterocycles. The molecule has 1 aliphatic carbocycles. The van der Waals surface area contributed by atoms with E-state index in [0.29, 0.717) is 11.5 Å². The van der Waals surface area contributed by atoms with Gasteiger partial charge in [0.1, 0.15) is 0 Å². The Morgan fingerprint density at radius 3 is 2.65 bits per heavy atom. The highest BCUT2D eigenvalue weighted by molar-refractivity contribution is 9.10. The van der Waals surface area contributed by atoms with E-state index in [0.717, 1.165) is 6.42 Å². The van der Waals surface area contributed by atoms with Crippen LogP contribution in [0, 0.1) is 5.41 Å². The summed E-state index contributed by atoms with van der Waals surface area (Å²) in [5, 5.41) is 3.54. The van der Waals surface area contributed by atoms with Gasteiger partial charge in [-0.2, -0.15) is 0 Å². The second kappa shape index (κ2) is 5.53. The molecule has 1 aromatic carbocycles. The quantitative estimate of drug-likeness (QED) is 0.879. The van der Waals surface area contributed by atoms with Gasteiger partial charge in [0.25, 0.3) is 0 Å². The fourth-order valence-corrected chi connectivity index (χ4v) is 3.57. The van der Waals surface area contributed by atoms with E-state index in [1.165, 1.54) is 35.7 Å². The number of halogens is 1. The molecule has 1 nitrogen and oxygen atoms in total. The predicted molar refractivity (Wildman–Crippen MR) is 77.3 cm³/mol. The van der Waals surface area contributed by atoms with Gasteiger partial charge < -0.3 is 5.32 Å². The number of hydrogen-bond donors (Lipinski definition) is 1. The Morgan fingerprint density at radius 1 is 1.35 bits per heavy atom. The molecule has 0 bridgehead atoms. The Morgan fingerprint density at radius 2 is 2.06 bits per heavy atom. The molecule has 1 N–H and O–H groups in total.